The first-order valence-corrected chi connectivity index (χ1v) is 7.29. The molecule has 1 aromatic heterocycles. The standard InChI is InChI=1S/C16H14ClF3N2O/c1-15(10-5-9(17)3-4-13(10)23-2)8-22-12-6-14(16(18,19)20)21-7-11(12)15/h3-7,22H,8H2,1-2H3/t15-/m1/s1. The van der Waals surface area contributed by atoms with Gasteiger partial charge in [-0.05, 0) is 31.2 Å². The molecule has 122 valence electrons. The highest BCUT2D eigenvalue weighted by atomic mass is 35.5. The monoisotopic (exact) mass is 342 g/mol. The summed E-state index contributed by atoms with van der Waals surface area (Å²) in [6.07, 6.45) is -3.19. The number of fused-ring (bicyclic) bond motifs is 1. The SMILES string of the molecule is COc1ccc(Cl)cc1[C@@]1(C)CNc2cc(C(F)(F)F)ncc21. The van der Waals surface area contributed by atoms with Crippen molar-refractivity contribution in [3.8, 4) is 5.75 Å². The maximum absolute atomic E-state index is 12.8. The summed E-state index contributed by atoms with van der Waals surface area (Å²) in [4.78, 5) is 3.58. The minimum atomic E-state index is -4.47. The molecule has 0 bridgehead atoms. The molecule has 0 fully saturated rings. The lowest BCUT2D eigenvalue weighted by Crippen LogP contribution is -2.26. The number of benzene rings is 1. The lowest BCUT2D eigenvalue weighted by Gasteiger charge is -2.27. The smallest absolute Gasteiger partial charge is 0.433 e. The quantitative estimate of drug-likeness (QED) is 0.873. The number of anilines is 1. The van der Waals surface area contributed by atoms with Crippen LogP contribution in [0, 0.1) is 0 Å². The molecular formula is C16H14ClF3N2O. The van der Waals surface area contributed by atoms with Crippen LogP contribution in [-0.4, -0.2) is 18.6 Å². The van der Waals surface area contributed by atoms with E-state index in [1.165, 1.54) is 6.20 Å². The summed E-state index contributed by atoms with van der Waals surface area (Å²) in [7, 11) is 1.55. The second-order valence-electron chi connectivity index (χ2n) is 5.64. The lowest BCUT2D eigenvalue weighted by atomic mass is 9.78. The minimum absolute atomic E-state index is 0.428. The number of rotatable bonds is 2. The van der Waals surface area contributed by atoms with Gasteiger partial charge >= 0.3 is 6.18 Å². The van der Waals surface area contributed by atoms with Gasteiger partial charge in [0.1, 0.15) is 11.4 Å². The van der Waals surface area contributed by atoms with E-state index in [9.17, 15) is 13.2 Å². The largest absolute Gasteiger partial charge is 0.496 e. The molecule has 0 saturated heterocycles. The number of nitrogens with zero attached hydrogens (tertiary/aromatic N) is 1. The minimum Gasteiger partial charge on any atom is -0.496 e. The second kappa shape index (κ2) is 5.30. The van der Waals surface area contributed by atoms with Crippen LogP contribution in [0.15, 0.2) is 30.5 Å². The van der Waals surface area contributed by atoms with Crippen LogP contribution in [-0.2, 0) is 11.6 Å². The molecule has 23 heavy (non-hydrogen) atoms. The summed E-state index contributed by atoms with van der Waals surface area (Å²) in [5.74, 6) is 0.631. The number of halogens is 4. The Morgan fingerprint density at radius 2 is 2.00 bits per heavy atom. The first-order chi connectivity index (χ1) is 10.8. The summed E-state index contributed by atoms with van der Waals surface area (Å²) in [6.45, 7) is 2.36. The molecule has 1 N–H and O–H groups in total. The normalized spacial score (nSPS) is 20.1. The van der Waals surface area contributed by atoms with E-state index >= 15 is 0 Å². The molecule has 1 atom stereocenters. The number of pyridine rings is 1. The molecule has 0 amide bonds. The van der Waals surface area contributed by atoms with Crippen molar-refractivity contribution in [1.29, 1.82) is 0 Å². The zero-order valence-corrected chi connectivity index (χ0v) is 13.2. The van der Waals surface area contributed by atoms with E-state index in [1.54, 1.807) is 25.3 Å². The maximum Gasteiger partial charge on any atom is 0.433 e. The fourth-order valence-corrected chi connectivity index (χ4v) is 3.09. The Bertz CT molecular complexity index is 763. The van der Waals surface area contributed by atoms with Gasteiger partial charge in [-0.1, -0.05) is 11.6 Å². The van der Waals surface area contributed by atoms with Gasteiger partial charge in [0, 0.05) is 40.0 Å². The molecule has 0 aliphatic carbocycles. The first-order valence-electron chi connectivity index (χ1n) is 6.91. The third-order valence-electron chi connectivity index (χ3n) is 4.18. The molecule has 3 nitrogen and oxygen atoms in total. The van der Waals surface area contributed by atoms with Crippen LogP contribution in [0.25, 0.3) is 0 Å². The van der Waals surface area contributed by atoms with Crippen molar-refractivity contribution in [2.24, 2.45) is 0 Å². The van der Waals surface area contributed by atoms with E-state index in [1.807, 2.05) is 6.92 Å². The Balaban J connectivity index is 2.13. The molecule has 0 radical (unpaired) electrons. The molecule has 0 saturated carbocycles. The van der Waals surface area contributed by atoms with Crippen molar-refractivity contribution in [2.75, 3.05) is 19.0 Å². The highest BCUT2D eigenvalue weighted by Crippen LogP contribution is 2.46. The lowest BCUT2D eigenvalue weighted by molar-refractivity contribution is -0.141. The van der Waals surface area contributed by atoms with E-state index in [4.69, 9.17) is 16.3 Å². The van der Waals surface area contributed by atoms with Gasteiger partial charge in [0.2, 0.25) is 0 Å². The van der Waals surface area contributed by atoms with Crippen LogP contribution in [0.1, 0.15) is 23.7 Å². The predicted molar refractivity (Wildman–Crippen MR) is 82.2 cm³/mol. The number of aromatic nitrogens is 1. The van der Waals surface area contributed by atoms with Crippen molar-refractivity contribution in [1.82, 2.24) is 4.98 Å². The van der Waals surface area contributed by atoms with E-state index in [0.29, 0.717) is 28.6 Å². The van der Waals surface area contributed by atoms with Crippen molar-refractivity contribution in [3.63, 3.8) is 0 Å². The number of nitrogens with one attached hydrogen (secondary N) is 1. The zero-order chi connectivity index (χ0) is 16.8. The first kappa shape index (κ1) is 15.9. The summed E-state index contributed by atoms with van der Waals surface area (Å²) >= 11 is 6.09. The number of ether oxygens (including phenoxy) is 1. The third-order valence-corrected chi connectivity index (χ3v) is 4.41. The van der Waals surface area contributed by atoms with Crippen LogP contribution in [0.2, 0.25) is 5.02 Å². The van der Waals surface area contributed by atoms with Gasteiger partial charge < -0.3 is 10.1 Å². The fourth-order valence-electron chi connectivity index (χ4n) is 2.92. The zero-order valence-electron chi connectivity index (χ0n) is 12.5. The molecule has 3 rings (SSSR count). The van der Waals surface area contributed by atoms with Crippen LogP contribution in [0.5, 0.6) is 5.75 Å². The Kier molecular flexibility index (Phi) is 3.67. The Labute approximate surface area is 136 Å². The van der Waals surface area contributed by atoms with E-state index in [2.05, 4.69) is 10.3 Å². The molecular weight excluding hydrogens is 329 g/mol. The maximum atomic E-state index is 12.8. The van der Waals surface area contributed by atoms with Gasteiger partial charge in [0.15, 0.2) is 0 Å². The number of alkyl halides is 3. The Hall–Kier alpha value is -1.95. The van der Waals surface area contributed by atoms with Gasteiger partial charge in [-0.2, -0.15) is 13.2 Å². The molecule has 0 spiro atoms. The molecule has 7 heteroatoms. The molecule has 1 aliphatic heterocycles. The highest BCUT2D eigenvalue weighted by molar-refractivity contribution is 6.30. The summed E-state index contributed by atoms with van der Waals surface area (Å²) in [6, 6.07) is 6.27. The summed E-state index contributed by atoms with van der Waals surface area (Å²) in [5.41, 5.74) is 0.428. The van der Waals surface area contributed by atoms with Gasteiger partial charge in [0.05, 0.1) is 7.11 Å². The molecule has 2 heterocycles. The van der Waals surface area contributed by atoms with Gasteiger partial charge in [0.25, 0.3) is 0 Å². The van der Waals surface area contributed by atoms with Crippen LogP contribution < -0.4 is 10.1 Å². The number of hydrogen-bond donors (Lipinski definition) is 1. The Morgan fingerprint density at radius 3 is 2.65 bits per heavy atom. The predicted octanol–water partition coefficient (Wildman–Crippen LogP) is 4.49. The van der Waals surface area contributed by atoms with Crippen molar-refractivity contribution >= 4 is 17.3 Å². The molecule has 2 aromatic rings. The molecule has 0 unspecified atom stereocenters. The number of hydrogen-bond acceptors (Lipinski definition) is 3. The number of methoxy groups -OCH3 is 1. The molecule has 1 aliphatic rings. The fraction of sp³-hybridized carbons (Fsp3) is 0.312. The average molecular weight is 343 g/mol. The van der Waals surface area contributed by atoms with E-state index < -0.39 is 17.3 Å². The average Bonchev–Trinajstić information content (AvgIpc) is 2.84. The molecule has 1 aromatic carbocycles. The summed E-state index contributed by atoms with van der Waals surface area (Å²) < 4.78 is 43.8. The van der Waals surface area contributed by atoms with Gasteiger partial charge in [-0.25, -0.2) is 0 Å². The second-order valence-corrected chi connectivity index (χ2v) is 6.08. The van der Waals surface area contributed by atoms with Crippen LogP contribution in [0.3, 0.4) is 0 Å². The topological polar surface area (TPSA) is 34.1 Å². The van der Waals surface area contributed by atoms with E-state index in [-0.39, 0.29) is 0 Å². The van der Waals surface area contributed by atoms with Crippen molar-refractivity contribution in [3.05, 3.63) is 52.3 Å². The van der Waals surface area contributed by atoms with Crippen LogP contribution >= 0.6 is 11.6 Å². The van der Waals surface area contributed by atoms with E-state index in [0.717, 1.165) is 11.6 Å². The third kappa shape index (κ3) is 2.61. The highest BCUT2D eigenvalue weighted by Gasteiger charge is 2.41. The van der Waals surface area contributed by atoms with Crippen LogP contribution in [0.4, 0.5) is 18.9 Å². The van der Waals surface area contributed by atoms with Crippen molar-refractivity contribution in [2.45, 2.75) is 18.5 Å². The Morgan fingerprint density at radius 1 is 1.26 bits per heavy atom. The summed E-state index contributed by atoms with van der Waals surface area (Å²) in [5, 5.41) is 3.57. The van der Waals surface area contributed by atoms with Gasteiger partial charge in [-0.15, -0.1) is 0 Å². The van der Waals surface area contributed by atoms with Crippen molar-refractivity contribution < 1.29 is 17.9 Å². The van der Waals surface area contributed by atoms with Gasteiger partial charge in [-0.3, -0.25) is 4.98 Å².